The van der Waals surface area contributed by atoms with Crippen molar-refractivity contribution in [1.29, 1.82) is 0 Å². The van der Waals surface area contributed by atoms with Gasteiger partial charge in [-0.1, -0.05) is 0 Å². The van der Waals surface area contributed by atoms with Gasteiger partial charge in [-0.15, -0.1) is 0 Å². The third-order valence-electron chi connectivity index (χ3n) is 1.67. The van der Waals surface area contributed by atoms with Gasteiger partial charge in [0.25, 0.3) is 0 Å². The van der Waals surface area contributed by atoms with Crippen molar-refractivity contribution in [3.63, 3.8) is 0 Å². The van der Waals surface area contributed by atoms with Gasteiger partial charge in [0.2, 0.25) is 0 Å². The molecule has 0 aliphatic rings. The Hall–Kier alpha value is -1.99. The van der Waals surface area contributed by atoms with E-state index in [0.29, 0.717) is 0 Å². The summed E-state index contributed by atoms with van der Waals surface area (Å²) in [6.45, 7) is -1.54. The topological polar surface area (TPSA) is 68.7 Å². The molecule has 1 heterocycles. The number of carbonyl (C=O) groups is 1. The molecule has 0 atom stereocenters. The summed E-state index contributed by atoms with van der Waals surface area (Å²) in [6.07, 6.45) is -3.49. The Balaban J connectivity index is 2.99. The van der Waals surface area contributed by atoms with Gasteiger partial charge in [-0.2, -0.15) is 13.2 Å². The van der Waals surface area contributed by atoms with Crippen LogP contribution in [0.2, 0.25) is 0 Å². The van der Waals surface area contributed by atoms with Crippen LogP contribution in [0.1, 0.15) is 10.5 Å². The van der Waals surface area contributed by atoms with E-state index >= 15 is 0 Å². The molecule has 8 heteroatoms. The lowest BCUT2D eigenvalue weighted by atomic mass is 10.3. The highest BCUT2D eigenvalue weighted by Gasteiger charge is 2.29. The molecule has 0 spiro atoms. The number of aromatic nitrogens is 1. The van der Waals surface area contributed by atoms with E-state index in [9.17, 15) is 18.0 Å². The molecular weight excluding hydrogens is 243 g/mol. The molecule has 0 fully saturated rings. The van der Waals surface area contributed by atoms with Gasteiger partial charge in [0.1, 0.15) is 0 Å². The number of hydrogen-bond donors (Lipinski definition) is 1. The van der Waals surface area contributed by atoms with Crippen LogP contribution in [0, 0.1) is 0 Å². The Morgan fingerprint density at radius 1 is 1.53 bits per heavy atom. The number of nitrogens with zero attached hydrogens (tertiary/aromatic N) is 1. The number of methoxy groups -OCH3 is 1. The molecule has 17 heavy (non-hydrogen) atoms. The zero-order valence-corrected chi connectivity index (χ0v) is 8.61. The number of ether oxygens (including phenoxy) is 2. The van der Waals surface area contributed by atoms with Gasteiger partial charge in [0, 0.05) is 12.3 Å². The van der Waals surface area contributed by atoms with Crippen molar-refractivity contribution in [3.8, 4) is 11.5 Å². The minimum absolute atomic E-state index is 0.322. The minimum atomic E-state index is -4.52. The lowest BCUT2D eigenvalue weighted by molar-refractivity contribution is -0.153. The van der Waals surface area contributed by atoms with E-state index in [2.05, 4.69) is 14.5 Å². The van der Waals surface area contributed by atoms with Gasteiger partial charge in [0.05, 0.1) is 7.11 Å². The Labute approximate surface area is 93.8 Å². The summed E-state index contributed by atoms with van der Waals surface area (Å²) < 4.78 is 44.9. The van der Waals surface area contributed by atoms with Crippen LogP contribution in [0.5, 0.6) is 11.5 Å². The summed E-state index contributed by atoms with van der Waals surface area (Å²) >= 11 is 0. The van der Waals surface area contributed by atoms with Gasteiger partial charge in [0.15, 0.2) is 23.8 Å². The first kappa shape index (κ1) is 13.1. The number of aromatic carboxylic acids is 1. The first-order chi connectivity index (χ1) is 7.85. The van der Waals surface area contributed by atoms with Crippen LogP contribution in [-0.2, 0) is 0 Å². The second-order valence-corrected chi connectivity index (χ2v) is 2.90. The Kier molecular flexibility index (Phi) is 3.77. The van der Waals surface area contributed by atoms with Crippen molar-refractivity contribution in [2.24, 2.45) is 0 Å². The molecule has 5 nitrogen and oxygen atoms in total. The average Bonchev–Trinajstić information content (AvgIpc) is 2.24. The summed E-state index contributed by atoms with van der Waals surface area (Å²) in [5, 5.41) is 8.73. The Morgan fingerprint density at radius 2 is 2.18 bits per heavy atom. The molecular formula is C9H8F3NO4. The van der Waals surface area contributed by atoms with Crippen molar-refractivity contribution < 1.29 is 32.5 Å². The van der Waals surface area contributed by atoms with E-state index in [0.717, 1.165) is 19.4 Å². The predicted octanol–water partition coefficient (Wildman–Crippen LogP) is 1.73. The zero-order valence-electron chi connectivity index (χ0n) is 8.61. The average molecular weight is 251 g/mol. The molecule has 0 aliphatic heterocycles. The lowest BCUT2D eigenvalue weighted by Crippen LogP contribution is -2.20. The van der Waals surface area contributed by atoms with Crippen LogP contribution < -0.4 is 9.47 Å². The number of carboxylic acid groups (broad SMARTS) is 1. The van der Waals surface area contributed by atoms with Gasteiger partial charge in [-0.3, -0.25) is 0 Å². The van der Waals surface area contributed by atoms with Gasteiger partial charge in [-0.05, 0) is 0 Å². The molecule has 0 amide bonds. The fourth-order valence-corrected chi connectivity index (χ4v) is 1.05. The Bertz CT molecular complexity index is 419. The third kappa shape index (κ3) is 3.51. The van der Waals surface area contributed by atoms with E-state index in [1.54, 1.807) is 0 Å². The van der Waals surface area contributed by atoms with Crippen LogP contribution >= 0.6 is 0 Å². The van der Waals surface area contributed by atoms with Gasteiger partial charge in [-0.25, -0.2) is 9.78 Å². The summed E-state index contributed by atoms with van der Waals surface area (Å²) in [6, 6.07) is 1.09. The SMILES string of the molecule is COc1c(OCC(F)(F)F)ccnc1C(=O)O. The molecule has 0 unspecified atom stereocenters. The van der Waals surface area contributed by atoms with Gasteiger partial charge < -0.3 is 14.6 Å². The monoisotopic (exact) mass is 251 g/mol. The fraction of sp³-hybridized carbons (Fsp3) is 0.333. The number of rotatable bonds is 4. The molecule has 1 aromatic heterocycles. The van der Waals surface area contributed by atoms with Crippen molar-refractivity contribution in [3.05, 3.63) is 18.0 Å². The summed E-state index contributed by atoms with van der Waals surface area (Å²) in [4.78, 5) is 14.2. The second kappa shape index (κ2) is 4.89. The number of pyridine rings is 1. The summed E-state index contributed by atoms with van der Waals surface area (Å²) in [5.41, 5.74) is -0.507. The third-order valence-corrected chi connectivity index (χ3v) is 1.67. The number of carboxylic acids is 1. The molecule has 1 N–H and O–H groups in total. The van der Waals surface area contributed by atoms with E-state index in [-0.39, 0.29) is 11.5 Å². The molecule has 0 saturated carbocycles. The molecule has 0 saturated heterocycles. The van der Waals surface area contributed by atoms with Crippen LogP contribution in [0.4, 0.5) is 13.2 Å². The summed E-state index contributed by atoms with van der Waals surface area (Å²) in [5.74, 6) is -2.08. The predicted molar refractivity (Wildman–Crippen MR) is 49.3 cm³/mol. The number of halogens is 3. The maximum atomic E-state index is 11.9. The molecule has 94 valence electrons. The van der Waals surface area contributed by atoms with Crippen molar-refractivity contribution in [1.82, 2.24) is 4.98 Å². The molecule has 1 rings (SSSR count). The maximum Gasteiger partial charge on any atom is 0.422 e. The maximum absolute atomic E-state index is 11.9. The highest BCUT2D eigenvalue weighted by Crippen LogP contribution is 2.30. The molecule has 1 aromatic rings. The molecule has 0 aliphatic carbocycles. The highest BCUT2D eigenvalue weighted by atomic mass is 19.4. The quantitative estimate of drug-likeness (QED) is 0.882. The highest BCUT2D eigenvalue weighted by molar-refractivity contribution is 5.89. The number of hydrogen-bond acceptors (Lipinski definition) is 4. The Morgan fingerprint density at radius 3 is 2.65 bits per heavy atom. The van der Waals surface area contributed by atoms with Crippen molar-refractivity contribution in [2.75, 3.05) is 13.7 Å². The van der Waals surface area contributed by atoms with Crippen LogP contribution in [0.25, 0.3) is 0 Å². The first-order valence-corrected chi connectivity index (χ1v) is 4.31. The number of alkyl halides is 3. The lowest BCUT2D eigenvalue weighted by Gasteiger charge is -2.13. The van der Waals surface area contributed by atoms with E-state index in [1.807, 2.05) is 0 Å². The van der Waals surface area contributed by atoms with Crippen LogP contribution in [-0.4, -0.2) is 36.0 Å². The van der Waals surface area contributed by atoms with Crippen LogP contribution in [0.3, 0.4) is 0 Å². The molecule has 0 bridgehead atoms. The second-order valence-electron chi connectivity index (χ2n) is 2.90. The van der Waals surface area contributed by atoms with E-state index in [1.165, 1.54) is 0 Å². The van der Waals surface area contributed by atoms with Crippen molar-refractivity contribution >= 4 is 5.97 Å². The standard InChI is InChI=1S/C9H8F3NO4/c1-16-7-5(17-4-9(10,11)12)2-3-13-6(7)8(14)15/h2-3H,4H2,1H3,(H,14,15). The summed E-state index contributed by atoms with van der Waals surface area (Å²) in [7, 11) is 1.11. The molecule has 0 radical (unpaired) electrons. The van der Waals surface area contributed by atoms with E-state index < -0.39 is 24.4 Å². The zero-order chi connectivity index (χ0) is 13.1. The van der Waals surface area contributed by atoms with Crippen molar-refractivity contribution in [2.45, 2.75) is 6.18 Å². The normalized spacial score (nSPS) is 11.1. The fourth-order valence-electron chi connectivity index (χ4n) is 1.05. The smallest absolute Gasteiger partial charge is 0.422 e. The van der Waals surface area contributed by atoms with Crippen LogP contribution in [0.15, 0.2) is 12.3 Å². The molecule has 0 aromatic carbocycles. The largest absolute Gasteiger partial charge is 0.491 e. The first-order valence-electron chi connectivity index (χ1n) is 4.31. The minimum Gasteiger partial charge on any atom is -0.491 e. The van der Waals surface area contributed by atoms with E-state index in [4.69, 9.17) is 5.11 Å². The van der Waals surface area contributed by atoms with Gasteiger partial charge >= 0.3 is 12.1 Å².